The lowest BCUT2D eigenvalue weighted by Crippen LogP contribution is -2.43. The number of amides is 2. The quantitative estimate of drug-likeness (QED) is 0.457. The SMILES string of the molecule is [2H]C([2H])(c1ccccc1)N(C(=O)N(CC)CC)c1ccccc1C#CCCCC. The van der Waals surface area contributed by atoms with Crippen molar-refractivity contribution in [2.45, 2.75) is 46.5 Å². The van der Waals surface area contributed by atoms with Crippen LogP contribution >= 0.6 is 0 Å². The molecule has 0 fully saturated rings. The molecule has 0 unspecified atom stereocenters. The van der Waals surface area contributed by atoms with Crippen LogP contribution in [0.4, 0.5) is 10.5 Å². The van der Waals surface area contributed by atoms with Crippen molar-refractivity contribution in [3.8, 4) is 11.8 Å². The van der Waals surface area contributed by atoms with Crippen molar-refractivity contribution in [3.05, 3.63) is 65.7 Å². The van der Waals surface area contributed by atoms with E-state index in [1.165, 1.54) is 4.90 Å². The van der Waals surface area contributed by atoms with Crippen LogP contribution in [0.25, 0.3) is 0 Å². The number of urea groups is 1. The number of anilines is 1. The summed E-state index contributed by atoms with van der Waals surface area (Å²) in [5, 5.41) is 0. The van der Waals surface area contributed by atoms with E-state index in [2.05, 4.69) is 18.8 Å². The third kappa shape index (κ3) is 5.89. The second-order valence-electron chi connectivity index (χ2n) is 6.19. The lowest BCUT2D eigenvalue weighted by Gasteiger charge is -2.30. The average molecular weight is 365 g/mol. The first-order valence-corrected chi connectivity index (χ1v) is 9.69. The van der Waals surface area contributed by atoms with Crippen molar-refractivity contribution in [2.75, 3.05) is 18.0 Å². The van der Waals surface area contributed by atoms with Crippen molar-refractivity contribution in [1.82, 2.24) is 4.90 Å². The van der Waals surface area contributed by atoms with Gasteiger partial charge in [-0.2, -0.15) is 0 Å². The molecule has 0 bridgehead atoms. The van der Waals surface area contributed by atoms with Gasteiger partial charge < -0.3 is 4.90 Å². The number of unbranched alkanes of at least 4 members (excludes halogenated alkanes) is 2. The van der Waals surface area contributed by atoms with Gasteiger partial charge in [-0.25, -0.2) is 4.79 Å². The Bertz CT molecular complexity index is 852. The van der Waals surface area contributed by atoms with Gasteiger partial charge in [-0.1, -0.05) is 67.6 Å². The van der Waals surface area contributed by atoms with E-state index in [-0.39, 0.29) is 6.03 Å². The van der Waals surface area contributed by atoms with E-state index in [0.29, 0.717) is 29.9 Å². The number of rotatable bonds is 7. The van der Waals surface area contributed by atoms with Gasteiger partial charge in [0.2, 0.25) is 0 Å². The second kappa shape index (κ2) is 11.1. The predicted molar refractivity (Wildman–Crippen MR) is 114 cm³/mol. The molecule has 0 radical (unpaired) electrons. The zero-order valence-electron chi connectivity index (χ0n) is 18.5. The second-order valence-corrected chi connectivity index (χ2v) is 6.19. The molecule has 27 heavy (non-hydrogen) atoms. The summed E-state index contributed by atoms with van der Waals surface area (Å²) in [6, 6.07) is 15.7. The minimum absolute atomic E-state index is 0.369. The van der Waals surface area contributed by atoms with Gasteiger partial charge in [0, 0.05) is 25.1 Å². The fourth-order valence-corrected chi connectivity index (χ4v) is 2.69. The van der Waals surface area contributed by atoms with E-state index in [1.807, 2.05) is 38.1 Å². The molecule has 0 saturated heterocycles. The van der Waals surface area contributed by atoms with E-state index in [1.54, 1.807) is 35.2 Å². The summed E-state index contributed by atoms with van der Waals surface area (Å²) in [6.07, 6.45) is 2.86. The fraction of sp³-hybridized carbons (Fsp3) is 0.375. The number of carbonyl (C=O) groups excluding carboxylic acids is 1. The largest absolute Gasteiger partial charge is 0.325 e. The minimum Gasteiger partial charge on any atom is -0.325 e. The van der Waals surface area contributed by atoms with Crippen LogP contribution in [0.1, 0.15) is 53.9 Å². The van der Waals surface area contributed by atoms with Crippen LogP contribution in [0.15, 0.2) is 54.6 Å². The highest BCUT2D eigenvalue weighted by Crippen LogP contribution is 2.23. The summed E-state index contributed by atoms with van der Waals surface area (Å²) in [5.41, 5.74) is 1.57. The topological polar surface area (TPSA) is 23.6 Å². The molecule has 0 aliphatic heterocycles. The summed E-state index contributed by atoms with van der Waals surface area (Å²) < 4.78 is 17.7. The first kappa shape index (κ1) is 17.7. The number of hydrogen-bond acceptors (Lipinski definition) is 1. The van der Waals surface area contributed by atoms with Crippen LogP contribution in [-0.4, -0.2) is 24.0 Å². The van der Waals surface area contributed by atoms with E-state index >= 15 is 0 Å². The van der Waals surface area contributed by atoms with Crippen molar-refractivity contribution in [3.63, 3.8) is 0 Å². The van der Waals surface area contributed by atoms with E-state index in [4.69, 9.17) is 2.74 Å². The highest BCUT2D eigenvalue weighted by molar-refractivity contribution is 5.93. The van der Waals surface area contributed by atoms with Crippen LogP contribution in [-0.2, 0) is 6.50 Å². The van der Waals surface area contributed by atoms with Crippen LogP contribution in [0.2, 0.25) is 0 Å². The summed E-state index contributed by atoms with van der Waals surface area (Å²) in [4.78, 5) is 16.3. The number of nitrogens with zero attached hydrogens (tertiary/aromatic N) is 2. The molecule has 0 heterocycles. The Morgan fingerprint density at radius 1 is 1.00 bits per heavy atom. The lowest BCUT2D eigenvalue weighted by atomic mass is 10.1. The summed E-state index contributed by atoms with van der Waals surface area (Å²) in [6.45, 7) is 4.89. The Balaban J connectivity index is 2.60. The van der Waals surface area contributed by atoms with Gasteiger partial charge in [0.25, 0.3) is 0 Å². The molecular formula is C24H30N2O. The molecular weight excluding hydrogens is 332 g/mol. The molecule has 2 aromatic carbocycles. The lowest BCUT2D eigenvalue weighted by molar-refractivity contribution is 0.209. The van der Waals surface area contributed by atoms with Gasteiger partial charge in [-0.3, -0.25) is 4.90 Å². The van der Waals surface area contributed by atoms with Gasteiger partial charge >= 0.3 is 6.03 Å². The van der Waals surface area contributed by atoms with Crippen molar-refractivity contribution >= 4 is 11.7 Å². The third-order valence-corrected chi connectivity index (χ3v) is 4.26. The first-order valence-electron chi connectivity index (χ1n) is 10.7. The molecule has 3 heteroatoms. The van der Waals surface area contributed by atoms with Crippen LogP contribution in [0, 0.1) is 11.8 Å². The highest BCUT2D eigenvalue weighted by atomic mass is 16.2. The number of hydrogen-bond donors (Lipinski definition) is 0. The molecule has 142 valence electrons. The zero-order valence-corrected chi connectivity index (χ0v) is 16.5. The van der Waals surface area contributed by atoms with Gasteiger partial charge in [0.15, 0.2) is 0 Å². The number of para-hydroxylation sites is 1. The minimum atomic E-state index is -2.03. The molecule has 0 N–H and O–H groups in total. The van der Waals surface area contributed by atoms with Crippen molar-refractivity contribution < 1.29 is 7.54 Å². The summed E-state index contributed by atoms with van der Waals surface area (Å²) >= 11 is 0. The number of benzene rings is 2. The molecule has 3 nitrogen and oxygen atoms in total. The molecule has 0 spiro atoms. The van der Waals surface area contributed by atoms with Gasteiger partial charge in [-0.05, 0) is 38.0 Å². The molecule has 0 aliphatic carbocycles. The molecule has 0 aromatic heterocycles. The standard InChI is InChI=1S/C24H30N2O/c1-4-7-8-12-17-22-18-13-14-19-23(22)26(24(27)25(5-2)6-3)20-21-15-10-9-11-16-21/h9-11,13-16,18-19H,4-8,20H2,1-3H3/i20D2. The Morgan fingerprint density at radius 2 is 1.67 bits per heavy atom. The normalized spacial score (nSPS) is 11.7. The van der Waals surface area contributed by atoms with Crippen LogP contribution in [0.5, 0.6) is 0 Å². The van der Waals surface area contributed by atoms with Crippen molar-refractivity contribution in [2.24, 2.45) is 0 Å². The molecule has 2 amide bonds. The van der Waals surface area contributed by atoms with Crippen LogP contribution < -0.4 is 4.90 Å². The molecule has 0 aliphatic rings. The maximum atomic E-state index is 13.4. The smallest absolute Gasteiger partial charge is 0.324 e. The first-order chi connectivity index (χ1) is 14.0. The maximum Gasteiger partial charge on any atom is 0.324 e. The van der Waals surface area contributed by atoms with Crippen LogP contribution in [0.3, 0.4) is 0 Å². The maximum absolute atomic E-state index is 13.4. The number of carbonyl (C=O) groups is 1. The van der Waals surface area contributed by atoms with Gasteiger partial charge in [0.05, 0.1) is 14.9 Å². The monoisotopic (exact) mass is 364 g/mol. The highest BCUT2D eigenvalue weighted by Gasteiger charge is 2.22. The molecule has 2 rings (SSSR count). The predicted octanol–water partition coefficient (Wildman–Crippen LogP) is 5.70. The van der Waals surface area contributed by atoms with Crippen molar-refractivity contribution in [1.29, 1.82) is 0 Å². The Labute approximate surface area is 166 Å². The molecule has 0 saturated carbocycles. The average Bonchev–Trinajstić information content (AvgIpc) is 2.74. The Morgan fingerprint density at radius 3 is 2.33 bits per heavy atom. The fourth-order valence-electron chi connectivity index (χ4n) is 2.69. The van der Waals surface area contributed by atoms with Gasteiger partial charge in [0.1, 0.15) is 0 Å². The van der Waals surface area contributed by atoms with E-state index in [9.17, 15) is 4.79 Å². The van der Waals surface area contributed by atoms with E-state index < -0.39 is 6.50 Å². The Kier molecular flexibility index (Phi) is 7.25. The zero-order chi connectivity index (χ0) is 21.3. The van der Waals surface area contributed by atoms with Gasteiger partial charge in [-0.15, -0.1) is 0 Å². The van der Waals surface area contributed by atoms with E-state index in [0.717, 1.165) is 19.3 Å². The molecule has 0 atom stereocenters. The Hall–Kier alpha value is -2.73. The third-order valence-electron chi connectivity index (χ3n) is 4.26. The summed E-state index contributed by atoms with van der Waals surface area (Å²) in [5.74, 6) is 6.31. The molecule has 2 aromatic rings. The summed E-state index contributed by atoms with van der Waals surface area (Å²) in [7, 11) is 0.